The summed E-state index contributed by atoms with van der Waals surface area (Å²) in [6.45, 7) is 4.29. The zero-order valence-electron chi connectivity index (χ0n) is 11.6. The van der Waals surface area contributed by atoms with Crippen LogP contribution in [-0.2, 0) is 0 Å². The lowest BCUT2D eigenvalue weighted by molar-refractivity contribution is 0.215. The summed E-state index contributed by atoms with van der Waals surface area (Å²) in [4.78, 5) is 0. The molecule has 2 rings (SSSR count). The maximum Gasteiger partial charge on any atom is 0.129 e. The molecule has 1 nitrogen and oxygen atoms in total. The van der Waals surface area contributed by atoms with Crippen LogP contribution in [0.1, 0.15) is 49.0 Å². The Morgan fingerprint density at radius 1 is 1.10 bits per heavy atom. The van der Waals surface area contributed by atoms with Crippen molar-refractivity contribution in [2.75, 3.05) is 0 Å². The van der Waals surface area contributed by atoms with E-state index < -0.39 is 11.9 Å². The molecule has 0 aliphatic rings. The smallest absolute Gasteiger partial charge is 0.129 e. The van der Waals surface area contributed by atoms with Crippen molar-refractivity contribution < 1.29 is 9.50 Å². The molecule has 0 aliphatic heterocycles. The topological polar surface area (TPSA) is 20.2 Å². The number of aliphatic hydroxyl groups is 1. The summed E-state index contributed by atoms with van der Waals surface area (Å²) >= 11 is 5.86. The zero-order chi connectivity index (χ0) is 14.7. The van der Waals surface area contributed by atoms with Crippen molar-refractivity contribution in [3.05, 3.63) is 70.0 Å². The number of rotatable bonds is 4. The summed E-state index contributed by atoms with van der Waals surface area (Å²) < 4.78 is 13.7. The Balaban J connectivity index is 2.29. The van der Waals surface area contributed by atoms with E-state index in [0.29, 0.717) is 16.5 Å². The molecular weight excluding hydrogens is 275 g/mol. The lowest BCUT2D eigenvalue weighted by Gasteiger charge is -2.15. The highest BCUT2D eigenvalue weighted by Crippen LogP contribution is 2.28. The molecule has 0 spiro atoms. The van der Waals surface area contributed by atoms with E-state index in [2.05, 4.69) is 13.8 Å². The van der Waals surface area contributed by atoms with E-state index in [4.69, 9.17) is 11.6 Å². The minimum absolute atomic E-state index is 0.203. The Kier molecular flexibility index (Phi) is 4.79. The van der Waals surface area contributed by atoms with Crippen molar-refractivity contribution in [2.45, 2.75) is 32.3 Å². The van der Waals surface area contributed by atoms with Crippen LogP contribution in [0.4, 0.5) is 4.39 Å². The Morgan fingerprint density at radius 3 is 2.30 bits per heavy atom. The second-order valence-electron chi connectivity index (χ2n) is 5.04. The average molecular weight is 293 g/mol. The maximum atomic E-state index is 13.7. The van der Waals surface area contributed by atoms with Crippen LogP contribution in [0, 0.1) is 5.82 Å². The lowest BCUT2D eigenvalue weighted by Crippen LogP contribution is -2.03. The van der Waals surface area contributed by atoms with Crippen LogP contribution in [0.5, 0.6) is 0 Å². The monoisotopic (exact) mass is 292 g/mol. The van der Waals surface area contributed by atoms with E-state index in [-0.39, 0.29) is 5.56 Å². The summed E-state index contributed by atoms with van der Waals surface area (Å²) in [7, 11) is 0. The largest absolute Gasteiger partial charge is 0.384 e. The quantitative estimate of drug-likeness (QED) is 0.833. The fourth-order valence-corrected chi connectivity index (χ4v) is 2.33. The number of halogens is 2. The molecule has 0 bridgehead atoms. The van der Waals surface area contributed by atoms with Crippen LogP contribution in [0.25, 0.3) is 0 Å². The Hall–Kier alpha value is -1.38. The van der Waals surface area contributed by atoms with Crippen LogP contribution in [0.2, 0.25) is 5.02 Å². The summed E-state index contributed by atoms with van der Waals surface area (Å²) in [5.74, 6) is 0.0250. The van der Waals surface area contributed by atoms with Crippen molar-refractivity contribution in [3.8, 4) is 0 Å². The molecule has 0 saturated heterocycles. The van der Waals surface area contributed by atoms with E-state index in [0.717, 1.165) is 6.42 Å². The van der Waals surface area contributed by atoms with Gasteiger partial charge in [-0.05, 0) is 41.7 Å². The Morgan fingerprint density at radius 2 is 1.70 bits per heavy atom. The molecule has 0 saturated carbocycles. The zero-order valence-corrected chi connectivity index (χ0v) is 12.4. The standard InChI is InChI=1S/C17H18ClFO/c1-3-11(2)12-4-6-13(7-5-12)17(20)15-10-14(18)8-9-16(15)19/h4-11,17,20H,3H2,1-2H3. The molecule has 0 radical (unpaired) electrons. The second-order valence-corrected chi connectivity index (χ2v) is 5.48. The summed E-state index contributed by atoms with van der Waals surface area (Å²) in [5, 5.41) is 10.7. The van der Waals surface area contributed by atoms with Gasteiger partial charge in [0, 0.05) is 10.6 Å². The first-order valence-electron chi connectivity index (χ1n) is 6.75. The van der Waals surface area contributed by atoms with Gasteiger partial charge in [0.2, 0.25) is 0 Å². The molecule has 0 fully saturated rings. The highest BCUT2D eigenvalue weighted by atomic mass is 35.5. The van der Waals surface area contributed by atoms with Crippen LogP contribution < -0.4 is 0 Å². The van der Waals surface area contributed by atoms with Gasteiger partial charge in [-0.15, -0.1) is 0 Å². The molecule has 2 atom stereocenters. The summed E-state index contributed by atoms with van der Waals surface area (Å²) in [5.41, 5.74) is 2.09. The Labute approximate surface area is 124 Å². The van der Waals surface area contributed by atoms with E-state index in [1.807, 2.05) is 24.3 Å². The third-order valence-corrected chi connectivity index (χ3v) is 3.92. The molecule has 0 aromatic heterocycles. The lowest BCUT2D eigenvalue weighted by atomic mass is 9.95. The first kappa shape index (κ1) is 15.0. The molecule has 2 aromatic rings. The van der Waals surface area contributed by atoms with Crippen molar-refractivity contribution in [1.29, 1.82) is 0 Å². The van der Waals surface area contributed by atoms with Gasteiger partial charge in [-0.2, -0.15) is 0 Å². The van der Waals surface area contributed by atoms with E-state index in [9.17, 15) is 9.50 Å². The van der Waals surface area contributed by atoms with Gasteiger partial charge in [0.15, 0.2) is 0 Å². The van der Waals surface area contributed by atoms with E-state index >= 15 is 0 Å². The van der Waals surface area contributed by atoms with Crippen molar-refractivity contribution in [3.63, 3.8) is 0 Å². The molecule has 0 aliphatic carbocycles. The highest BCUT2D eigenvalue weighted by molar-refractivity contribution is 6.30. The predicted octanol–water partition coefficient (Wildman–Crippen LogP) is 5.07. The molecule has 1 N–H and O–H groups in total. The molecule has 106 valence electrons. The number of hydrogen-bond donors (Lipinski definition) is 1. The molecule has 2 aromatic carbocycles. The minimum atomic E-state index is -1.00. The van der Waals surface area contributed by atoms with Crippen LogP contribution >= 0.6 is 11.6 Å². The molecule has 3 heteroatoms. The van der Waals surface area contributed by atoms with Gasteiger partial charge >= 0.3 is 0 Å². The Bertz CT molecular complexity index is 580. The van der Waals surface area contributed by atoms with Gasteiger partial charge < -0.3 is 5.11 Å². The average Bonchev–Trinajstić information content (AvgIpc) is 2.48. The normalized spacial score (nSPS) is 14.1. The van der Waals surface area contributed by atoms with Crippen molar-refractivity contribution >= 4 is 11.6 Å². The third kappa shape index (κ3) is 3.20. The fraction of sp³-hybridized carbons (Fsp3) is 0.294. The molecule has 0 amide bonds. The fourth-order valence-electron chi connectivity index (χ4n) is 2.15. The third-order valence-electron chi connectivity index (χ3n) is 3.69. The molecule has 0 heterocycles. The van der Waals surface area contributed by atoms with Gasteiger partial charge in [-0.3, -0.25) is 0 Å². The van der Waals surface area contributed by atoms with Crippen molar-refractivity contribution in [2.24, 2.45) is 0 Å². The van der Waals surface area contributed by atoms with Crippen molar-refractivity contribution in [1.82, 2.24) is 0 Å². The summed E-state index contributed by atoms with van der Waals surface area (Å²) in [6.07, 6.45) is 0.0600. The van der Waals surface area contributed by atoms with Crippen LogP contribution in [0.15, 0.2) is 42.5 Å². The highest BCUT2D eigenvalue weighted by Gasteiger charge is 2.15. The first-order chi connectivity index (χ1) is 9.52. The SMILES string of the molecule is CCC(C)c1ccc(C(O)c2cc(Cl)ccc2F)cc1. The maximum absolute atomic E-state index is 13.7. The van der Waals surface area contributed by atoms with Gasteiger partial charge in [-0.25, -0.2) is 4.39 Å². The number of benzene rings is 2. The van der Waals surface area contributed by atoms with Gasteiger partial charge in [-0.1, -0.05) is 49.7 Å². The van der Waals surface area contributed by atoms with E-state index in [1.54, 1.807) is 0 Å². The van der Waals surface area contributed by atoms with Gasteiger partial charge in [0.1, 0.15) is 11.9 Å². The van der Waals surface area contributed by atoms with E-state index in [1.165, 1.54) is 23.8 Å². The second kappa shape index (κ2) is 6.38. The minimum Gasteiger partial charge on any atom is -0.384 e. The van der Waals surface area contributed by atoms with Crippen LogP contribution in [0.3, 0.4) is 0 Å². The predicted molar refractivity (Wildman–Crippen MR) is 80.6 cm³/mol. The first-order valence-corrected chi connectivity index (χ1v) is 7.13. The number of hydrogen-bond acceptors (Lipinski definition) is 1. The van der Waals surface area contributed by atoms with Gasteiger partial charge in [0.05, 0.1) is 0 Å². The summed E-state index contributed by atoms with van der Waals surface area (Å²) in [6, 6.07) is 11.8. The molecular formula is C17H18ClFO. The number of aliphatic hydroxyl groups excluding tert-OH is 1. The molecule has 2 unspecified atom stereocenters. The van der Waals surface area contributed by atoms with Crippen LogP contribution in [-0.4, -0.2) is 5.11 Å². The molecule has 20 heavy (non-hydrogen) atoms. The van der Waals surface area contributed by atoms with Gasteiger partial charge in [0.25, 0.3) is 0 Å².